The average molecular weight is 346 g/mol. The van der Waals surface area contributed by atoms with Crippen molar-refractivity contribution in [2.24, 2.45) is 5.41 Å². The number of hydrogen-bond donors (Lipinski definition) is 2. The lowest BCUT2D eigenvalue weighted by atomic mass is 9.78. The number of hydrogen-bond acceptors (Lipinski definition) is 4. The van der Waals surface area contributed by atoms with E-state index in [1.54, 1.807) is 9.80 Å². The summed E-state index contributed by atoms with van der Waals surface area (Å²) in [6.07, 6.45) is 2.78. The summed E-state index contributed by atoms with van der Waals surface area (Å²) in [6.45, 7) is 2.16. The Labute approximate surface area is 148 Å². The second kappa shape index (κ2) is 7.54. The van der Waals surface area contributed by atoms with E-state index in [2.05, 4.69) is 0 Å². The fourth-order valence-electron chi connectivity index (χ4n) is 4.00. The molecule has 1 aromatic carbocycles. The predicted octanol–water partition coefficient (Wildman–Crippen LogP) is 0.555. The van der Waals surface area contributed by atoms with Crippen LogP contribution in [0.5, 0.6) is 0 Å². The second-order valence-electron chi connectivity index (χ2n) is 7.12. The molecule has 0 radical (unpaired) electrons. The Morgan fingerprint density at radius 1 is 1.08 bits per heavy atom. The van der Waals surface area contributed by atoms with Crippen LogP contribution in [0.15, 0.2) is 24.3 Å². The van der Waals surface area contributed by atoms with Crippen molar-refractivity contribution in [3.8, 4) is 0 Å². The maximum absolute atomic E-state index is 12.8. The van der Waals surface area contributed by atoms with Gasteiger partial charge in [0.05, 0.1) is 25.0 Å². The zero-order chi connectivity index (χ0) is 17.9. The van der Waals surface area contributed by atoms with Crippen LogP contribution in [0.4, 0.5) is 0 Å². The van der Waals surface area contributed by atoms with Gasteiger partial charge in [-0.1, -0.05) is 24.3 Å². The molecule has 2 N–H and O–H groups in total. The molecule has 2 aliphatic rings. The smallest absolute Gasteiger partial charge is 0.230 e. The molecule has 0 aromatic heterocycles. The van der Waals surface area contributed by atoms with Gasteiger partial charge in [-0.3, -0.25) is 9.59 Å². The van der Waals surface area contributed by atoms with Crippen molar-refractivity contribution in [3.05, 3.63) is 35.4 Å². The normalized spacial score (nSPS) is 23.5. The fraction of sp³-hybridized carbons (Fsp3) is 0.579. The Morgan fingerprint density at radius 2 is 1.80 bits per heavy atom. The second-order valence-corrected chi connectivity index (χ2v) is 7.12. The Bertz CT molecular complexity index is 629. The van der Waals surface area contributed by atoms with Crippen molar-refractivity contribution in [1.82, 2.24) is 9.80 Å². The third kappa shape index (κ3) is 3.70. The molecule has 136 valence electrons. The van der Waals surface area contributed by atoms with Gasteiger partial charge >= 0.3 is 0 Å². The van der Waals surface area contributed by atoms with Gasteiger partial charge in [-0.05, 0) is 30.4 Å². The van der Waals surface area contributed by atoms with E-state index < -0.39 is 5.41 Å². The summed E-state index contributed by atoms with van der Waals surface area (Å²) < 4.78 is 0. The highest BCUT2D eigenvalue weighted by Gasteiger charge is 2.49. The van der Waals surface area contributed by atoms with E-state index in [1.165, 1.54) is 0 Å². The first-order chi connectivity index (χ1) is 12.1. The number of carbonyl (C=O) groups excluding carboxylic acids is 2. The maximum atomic E-state index is 12.8. The number of amides is 2. The quantitative estimate of drug-likeness (QED) is 0.816. The summed E-state index contributed by atoms with van der Waals surface area (Å²) in [6, 6.07) is 7.38. The van der Waals surface area contributed by atoms with Gasteiger partial charge in [-0.25, -0.2) is 0 Å². The monoisotopic (exact) mass is 346 g/mol. The van der Waals surface area contributed by atoms with E-state index in [9.17, 15) is 9.59 Å². The number of rotatable bonds is 5. The molecule has 6 heteroatoms. The van der Waals surface area contributed by atoms with Gasteiger partial charge in [-0.2, -0.15) is 0 Å². The van der Waals surface area contributed by atoms with Gasteiger partial charge in [0.2, 0.25) is 11.8 Å². The summed E-state index contributed by atoms with van der Waals surface area (Å²) in [5.74, 6) is 0.135. The van der Waals surface area contributed by atoms with Gasteiger partial charge in [0.15, 0.2) is 0 Å². The number of benzene rings is 1. The summed E-state index contributed by atoms with van der Waals surface area (Å²) in [7, 11) is 0. The molecule has 2 saturated heterocycles. The van der Waals surface area contributed by atoms with E-state index in [1.807, 2.05) is 24.3 Å². The van der Waals surface area contributed by atoms with Gasteiger partial charge in [0.1, 0.15) is 0 Å². The Hall–Kier alpha value is -1.92. The molecule has 6 nitrogen and oxygen atoms in total. The van der Waals surface area contributed by atoms with Crippen LogP contribution in [0.1, 0.15) is 30.4 Å². The van der Waals surface area contributed by atoms with Crippen molar-refractivity contribution < 1.29 is 19.8 Å². The highest BCUT2D eigenvalue weighted by molar-refractivity contribution is 5.86. The molecule has 0 aliphatic carbocycles. The maximum Gasteiger partial charge on any atom is 0.230 e. The van der Waals surface area contributed by atoms with E-state index in [-0.39, 0.29) is 25.0 Å². The minimum atomic E-state index is -0.455. The third-order valence-electron chi connectivity index (χ3n) is 5.46. The van der Waals surface area contributed by atoms with Crippen LogP contribution in [0.2, 0.25) is 0 Å². The Balaban J connectivity index is 1.63. The largest absolute Gasteiger partial charge is 0.395 e. The number of likely N-dealkylation sites (tertiary alicyclic amines) is 2. The van der Waals surface area contributed by atoms with Crippen molar-refractivity contribution in [2.45, 2.75) is 32.3 Å². The molecular weight excluding hydrogens is 320 g/mol. The number of aliphatic hydroxyl groups excluding tert-OH is 2. The number of nitrogens with zero attached hydrogens (tertiary/aromatic N) is 2. The van der Waals surface area contributed by atoms with Crippen LogP contribution >= 0.6 is 0 Å². The lowest BCUT2D eigenvalue weighted by Gasteiger charge is -2.39. The summed E-state index contributed by atoms with van der Waals surface area (Å²) in [4.78, 5) is 29.0. The minimum Gasteiger partial charge on any atom is -0.395 e. The summed E-state index contributed by atoms with van der Waals surface area (Å²) in [5.41, 5.74) is 1.29. The molecule has 1 atom stereocenters. The average Bonchev–Trinajstić information content (AvgIpc) is 3.05. The SMILES string of the molecule is O=C(Cc1ccc(CO)cc1)N1CCC2(CCCN(CCO)C2=O)C1. The predicted molar refractivity (Wildman–Crippen MR) is 92.6 cm³/mol. The van der Waals surface area contributed by atoms with Gasteiger partial charge < -0.3 is 20.0 Å². The van der Waals surface area contributed by atoms with Gasteiger partial charge in [-0.15, -0.1) is 0 Å². The van der Waals surface area contributed by atoms with Crippen LogP contribution in [0, 0.1) is 5.41 Å². The highest BCUT2D eigenvalue weighted by atomic mass is 16.3. The van der Waals surface area contributed by atoms with E-state index >= 15 is 0 Å². The Morgan fingerprint density at radius 3 is 2.48 bits per heavy atom. The van der Waals surface area contributed by atoms with Crippen LogP contribution < -0.4 is 0 Å². The zero-order valence-corrected chi connectivity index (χ0v) is 14.5. The van der Waals surface area contributed by atoms with Gasteiger partial charge in [0, 0.05) is 26.2 Å². The van der Waals surface area contributed by atoms with Crippen molar-refractivity contribution in [2.75, 3.05) is 32.8 Å². The van der Waals surface area contributed by atoms with E-state index in [0.717, 1.165) is 24.0 Å². The fourth-order valence-corrected chi connectivity index (χ4v) is 4.00. The van der Waals surface area contributed by atoms with Crippen molar-refractivity contribution in [1.29, 1.82) is 0 Å². The number of β-amino-alcohol motifs (C(OH)–C–C–N with tert-alkyl or cyclic N) is 1. The van der Waals surface area contributed by atoms with E-state index in [0.29, 0.717) is 39.0 Å². The Kier molecular flexibility index (Phi) is 5.39. The molecule has 2 aliphatic heterocycles. The first kappa shape index (κ1) is 17.9. The lowest BCUT2D eigenvalue weighted by Crippen LogP contribution is -2.51. The molecule has 2 heterocycles. The van der Waals surface area contributed by atoms with Crippen LogP contribution in [0.3, 0.4) is 0 Å². The van der Waals surface area contributed by atoms with Crippen LogP contribution in [-0.4, -0.2) is 64.6 Å². The summed E-state index contributed by atoms with van der Waals surface area (Å²) in [5, 5.41) is 18.2. The number of piperidine rings is 1. The molecule has 1 aromatic rings. The number of carbonyl (C=O) groups is 2. The first-order valence-corrected chi connectivity index (χ1v) is 8.95. The molecule has 0 saturated carbocycles. The van der Waals surface area contributed by atoms with E-state index in [4.69, 9.17) is 10.2 Å². The first-order valence-electron chi connectivity index (χ1n) is 8.95. The van der Waals surface area contributed by atoms with Gasteiger partial charge in [0.25, 0.3) is 0 Å². The van der Waals surface area contributed by atoms with Crippen LogP contribution in [-0.2, 0) is 22.6 Å². The highest BCUT2D eigenvalue weighted by Crippen LogP contribution is 2.40. The lowest BCUT2D eigenvalue weighted by molar-refractivity contribution is -0.146. The topological polar surface area (TPSA) is 81.1 Å². The molecule has 2 amide bonds. The number of aliphatic hydroxyl groups is 2. The standard InChI is InChI=1S/C19H26N2O4/c22-11-10-20-8-1-6-19(18(20)25)7-9-21(14-19)17(24)12-15-2-4-16(13-23)5-3-15/h2-5,22-23H,1,6-14H2. The summed E-state index contributed by atoms with van der Waals surface area (Å²) >= 11 is 0. The molecule has 1 spiro atoms. The molecule has 1 unspecified atom stereocenters. The van der Waals surface area contributed by atoms with Crippen molar-refractivity contribution >= 4 is 11.8 Å². The molecule has 25 heavy (non-hydrogen) atoms. The zero-order valence-electron chi connectivity index (χ0n) is 14.5. The molecule has 0 bridgehead atoms. The molecular formula is C19H26N2O4. The minimum absolute atomic E-state index is 0.00464. The third-order valence-corrected chi connectivity index (χ3v) is 5.46. The molecule has 2 fully saturated rings. The van der Waals surface area contributed by atoms with Crippen molar-refractivity contribution in [3.63, 3.8) is 0 Å². The van der Waals surface area contributed by atoms with Crippen LogP contribution in [0.25, 0.3) is 0 Å². The molecule has 3 rings (SSSR count).